The molecule has 0 spiro atoms. The van der Waals surface area contributed by atoms with Crippen LogP contribution in [0, 0.1) is 0 Å². The lowest BCUT2D eigenvalue weighted by atomic mass is 10.3. The molecular weight excluding hydrogens is 224 g/mol. The van der Waals surface area contributed by atoms with Gasteiger partial charge in [-0.25, -0.2) is 14.8 Å². The summed E-state index contributed by atoms with van der Waals surface area (Å²) in [4.78, 5) is 45.4. The molecule has 0 radical (unpaired) electrons. The van der Waals surface area contributed by atoms with Crippen molar-refractivity contribution in [1.82, 2.24) is 19.9 Å². The topological polar surface area (TPSA) is 109 Å². The second-order valence-corrected chi connectivity index (χ2v) is 3.34. The van der Waals surface area contributed by atoms with E-state index in [0.717, 1.165) is 0 Å². The second-order valence-electron chi connectivity index (χ2n) is 3.34. The van der Waals surface area contributed by atoms with E-state index in [1.807, 2.05) is 4.98 Å². The molecule has 0 fully saturated rings. The second kappa shape index (κ2) is 4.12. The molecule has 2 N–H and O–H groups in total. The van der Waals surface area contributed by atoms with Gasteiger partial charge < -0.3 is 0 Å². The third-order valence-corrected chi connectivity index (χ3v) is 1.95. The van der Waals surface area contributed by atoms with Gasteiger partial charge in [0.05, 0.1) is 11.9 Å². The molecule has 2 heterocycles. The van der Waals surface area contributed by atoms with Gasteiger partial charge in [-0.1, -0.05) is 0 Å². The van der Waals surface area contributed by atoms with E-state index in [9.17, 15) is 14.4 Å². The average Bonchev–Trinajstić information content (AvgIpc) is 2.26. The first-order valence-corrected chi connectivity index (χ1v) is 4.74. The molecule has 0 saturated carbocycles. The molecule has 2 aromatic heterocycles. The summed E-state index contributed by atoms with van der Waals surface area (Å²) >= 11 is 0. The third kappa shape index (κ3) is 2.33. The highest BCUT2D eigenvalue weighted by atomic mass is 16.2. The first kappa shape index (κ1) is 10.9. The highest BCUT2D eigenvalue weighted by molar-refractivity contribution is 5.91. The van der Waals surface area contributed by atoms with Gasteiger partial charge in [0.1, 0.15) is 0 Å². The molecule has 2 rings (SSSR count). The lowest BCUT2D eigenvalue weighted by Gasteiger charge is -1.96. The highest BCUT2D eigenvalue weighted by Gasteiger charge is 2.03. The van der Waals surface area contributed by atoms with Crippen molar-refractivity contribution in [2.24, 2.45) is 0 Å². The number of aromatic nitrogens is 4. The van der Waals surface area contributed by atoms with Gasteiger partial charge in [0.2, 0.25) is 0 Å². The fourth-order valence-electron chi connectivity index (χ4n) is 1.24. The molecule has 7 heteroatoms. The van der Waals surface area contributed by atoms with E-state index in [0.29, 0.717) is 5.69 Å². The number of ketones is 1. The molecule has 17 heavy (non-hydrogen) atoms. The molecule has 0 aliphatic carbocycles. The lowest BCUT2D eigenvalue weighted by Crippen LogP contribution is -2.23. The van der Waals surface area contributed by atoms with Crippen molar-refractivity contribution in [3.05, 3.63) is 38.8 Å². The Bertz CT molecular complexity index is 726. The monoisotopic (exact) mass is 232 g/mol. The number of H-pyrrole nitrogens is 2. The van der Waals surface area contributed by atoms with Crippen LogP contribution in [0.15, 0.2) is 21.9 Å². The molecular formula is C10H8N4O3. The smallest absolute Gasteiger partial charge is 0.295 e. The Balaban J connectivity index is 2.62. The maximum absolute atomic E-state index is 11.4. The van der Waals surface area contributed by atoms with Gasteiger partial charge in [-0.15, -0.1) is 0 Å². The number of nitrogens with one attached hydrogen (secondary N) is 2. The lowest BCUT2D eigenvalue weighted by molar-refractivity contribution is -0.112. The van der Waals surface area contributed by atoms with Gasteiger partial charge in [-0.3, -0.25) is 19.6 Å². The number of allylic oxidation sites excluding steroid dienone is 1. The van der Waals surface area contributed by atoms with Crippen molar-refractivity contribution < 1.29 is 4.79 Å². The quantitative estimate of drug-likeness (QED) is 0.685. The van der Waals surface area contributed by atoms with Crippen LogP contribution in [0.5, 0.6) is 0 Å². The van der Waals surface area contributed by atoms with E-state index >= 15 is 0 Å². The van der Waals surface area contributed by atoms with Gasteiger partial charge in [0.25, 0.3) is 5.56 Å². The van der Waals surface area contributed by atoms with Crippen LogP contribution in [0.3, 0.4) is 0 Å². The minimum absolute atomic E-state index is 0.0234. The molecule has 86 valence electrons. The Morgan fingerprint density at radius 2 is 2.12 bits per heavy atom. The first-order chi connectivity index (χ1) is 8.06. The molecule has 0 bridgehead atoms. The Morgan fingerprint density at radius 1 is 1.35 bits per heavy atom. The fraction of sp³-hybridized carbons (Fsp3) is 0.100. The van der Waals surface area contributed by atoms with Gasteiger partial charge in [0.15, 0.2) is 16.9 Å². The van der Waals surface area contributed by atoms with Crippen LogP contribution in [0.1, 0.15) is 12.6 Å². The number of rotatable bonds is 2. The van der Waals surface area contributed by atoms with Crippen molar-refractivity contribution >= 4 is 23.0 Å². The Hall–Kier alpha value is -2.57. The molecule has 7 nitrogen and oxygen atoms in total. The van der Waals surface area contributed by atoms with Gasteiger partial charge in [-0.2, -0.15) is 0 Å². The first-order valence-electron chi connectivity index (χ1n) is 4.74. The number of aromatic amines is 2. The summed E-state index contributed by atoms with van der Waals surface area (Å²) in [6.45, 7) is 1.40. The summed E-state index contributed by atoms with van der Waals surface area (Å²) < 4.78 is 0. The molecule has 0 saturated heterocycles. The Labute approximate surface area is 94.2 Å². The van der Waals surface area contributed by atoms with Crippen molar-refractivity contribution in [2.45, 2.75) is 6.92 Å². The van der Waals surface area contributed by atoms with Gasteiger partial charge in [0, 0.05) is 0 Å². The predicted octanol–water partition coefficient (Wildman–Crippen LogP) is -0.391. The number of carbonyl (C=O) groups excluding carboxylic acids is 1. The van der Waals surface area contributed by atoms with E-state index in [4.69, 9.17) is 0 Å². The van der Waals surface area contributed by atoms with E-state index in [-0.39, 0.29) is 16.9 Å². The van der Waals surface area contributed by atoms with E-state index in [2.05, 4.69) is 15.0 Å². The van der Waals surface area contributed by atoms with Crippen molar-refractivity contribution in [3.8, 4) is 0 Å². The van der Waals surface area contributed by atoms with Crippen LogP contribution in [-0.2, 0) is 4.79 Å². The highest BCUT2D eigenvalue weighted by Crippen LogP contribution is 2.01. The summed E-state index contributed by atoms with van der Waals surface area (Å²) in [6.07, 6.45) is 4.12. The van der Waals surface area contributed by atoms with Crippen LogP contribution in [0.25, 0.3) is 17.2 Å². The molecule has 0 amide bonds. The predicted molar refractivity (Wildman–Crippen MR) is 60.5 cm³/mol. The van der Waals surface area contributed by atoms with Crippen LogP contribution < -0.4 is 11.2 Å². The maximum atomic E-state index is 11.4. The molecule has 2 aromatic rings. The zero-order chi connectivity index (χ0) is 12.4. The van der Waals surface area contributed by atoms with Gasteiger partial charge in [-0.05, 0) is 19.1 Å². The summed E-state index contributed by atoms with van der Waals surface area (Å²) in [6, 6.07) is 0. The number of hydrogen-bond acceptors (Lipinski definition) is 5. The summed E-state index contributed by atoms with van der Waals surface area (Å²) in [5, 5.41) is 0. The van der Waals surface area contributed by atoms with E-state index < -0.39 is 11.2 Å². The molecule has 0 atom stereocenters. The number of carbonyl (C=O) groups is 1. The third-order valence-electron chi connectivity index (χ3n) is 1.95. The summed E-state index contributed by atoms with van der Waals surface area (Å²) in [7, 11) is 0. The fourth-order valence-corrected chi connectivity index (χ4v) is 1.24. The number of hydrogen-bond donors (Lipinski definition) is 2. The van der Waals surface area contributed by atoms with Crippen molar-refractivity contribution in [3.63, 3.8) is 0 Å². The Morgan fingerprint density at radius 3 is 2.82 bits per heavy atom. The largest absolute Gasteiger partial charge is 0.327 e. The molecule has 0 aliphatic heterocycles. The van der Waals surface area contributed by atoms with Crippen molar-refractivity contribution in [2.75, 3.05) is 0 Å². The van der Waals surface area contributed by atoms with Crippen LogP contribution in [-0.4, -0.2) is 25.7 Å². The van der Waals surface area contributed by atoms with Gasteiger partial charge >= 0.3 is 5.69 Å². The molecule has 0 aliphatic rings. The minimum atomic E-state index is -0.635. The van der Waals surface area contributed by atoms with E-state index in [1.165, 1.54) is 25.3 Å². The SMILES string of the molecule is CC(=O)/C=C/c1cnc2[nH]c(=O)[nH]c(=O)c2n1. The van der Waals surface area contributed by atoms with Crippen LogP contribution in [0.4, 0.5) is 0 Å². The molecule has 0 aromatic carbocycles. The minimum Gasteiger partial charge on any atom is -0.295 e. The Kier molecular flexibility index (Phi) is 2.65. The van der Waals surface area contributed by atoms with Crippen LogP contribution in [0.2, 0.25) is 0 Å². The summed E-state index contributed by atoms with van der Waals surface area (Å²) in [5.41, 5.74) is -0.752. The van der Waals surface area contributed by atoms with E-state index in [1.54, 1.807) is 0 Å². The number of fused-ring (bicyclic) bond motifs is 1. The average molecular weight is 232 g/mol. The standard InChI is InChI=1S/C10H8N4O3/c1-5(15)2-3-6-4-11-8-7(12-6)9(16)14-10(17)13-8/h2-4H,1H3,(H2,11,13,14,16,17)/b3-2+. The van der Waals surface area contributed by atoms with Crippen molar-refractivity contribution in [1.29, 1.82) is 0 Å². The maximum Gasteiger partial charge on any atom is 0.327 e. The summed E-state index contributed by atoms with van der Waals surface area (Å²) in [5.74, 6) is -0.137. The van der Waals surface area contributed by atoms with Crippen LogP contribution >= 0.6 is 0 Å². The molecule has 0 unspecified atom stereocenters. The zero-order valence-electron chi connectivity index (χ0n) is 8.85. The normalized spacial score (nSPS) is 11.1. The number of nitrogens with zero attached hydrogens (tertiary/aromatic N) is 2. The zero-order valence-corrected chi connectivity index (χ0v) is 8.85.